The van der Waals surface area contributed by atoms with Gasteiger partial charge in [0.1, 0.15) is 18.1 Å². The molecule has 4 nitrogen and oxygen atoms in total. The van der Waals surface area contributed by atoms with Crippen LogP contribution in [0.2, 0.25) is 15.1 Å². The summed E-state index contributed by atoms with van der Waals surface area (Å²) in [6.45, 7) is 0.970. The largest absolute Gasteiger partial charge is 0.478 e. The highest BCUT2D eigenvalue weighted by Gasteiger charge is 2.40. The van der Waals surface area contributed by atoms with Crippen LogP contribution in [0, 0.1) is 0 Å². The van der Waals surface area contributed by atoms with Crippen LogP contribution in [0.15, 0.2) is 63.8 Å². The lowest BCUT2D eigenvalue weighted by molar-refractivity contribution is -0.152. The fourth-order valence-corrected chi connectivity index (χ4v) is 4.86. The molecule has 2 heterocycles. The van der Waals surface area contributed by atoms with Crippen molar-refractivity contribution in [1.82, 2.24) is 4.90 Å². The standard InChI is InChI=1S/C26H17Cl3F3NO3/c27-16-4-2-15(3-5-16)22-23(34)18-7-8-21-19(24(18)36-25(22)26(30,31)32)12-33(13-35-21)10-9-14-1-6-17(28)11-20(14)29/h1-8,11H,9-10,12-13H2. The van der Waals surface area contributed by atoms with Crippen LogP contribution in [-0.2, 0) is 19.1 Å². The molecule has 0 amide bonds. The maximum absolute atomic E-state index is 14.1. The Kier molecular flexibility index (Phi) is 6.68. The van der Waals surface area contributed by atoms with E-state index in [1.165, 1.54) is 30.3 Å². The number of benzene rings is 3. The lowest BCUT2D eigenvalue weighted by Gasteiger charge is -2.29. The monoisotopic (exact) mass is 553 g/mol. The van der Waals surface area contributed by atoms with E-state index in [-0.39, 0.29) is 29.8 Å². The van der Waals surface area contributed by atoms with Crippen molar-refractivity contribution in [3.8, 4) is 16.9 Å². The number of alkyl halides is 3. The Bertz CT molecular complexity index is 1520. The fraction of sp³-hybridized carbons (Fsp3) is 0.192. The molecule has 3 aromatic carbocycles. The van der Waals surface area contributed by atoms with E-state index in [0.717, 1.165) is 5.56 Å². The molecule has 0 unspecified atom stereocenters. The summed E-state index contributed by atoms with van der Waals surface area (Å²) in [4.78, 5) is 15.2. The minimum Gasteiger partial charge on any atom is -0.478 e. The summed E-state index contributed by atoms with van der Waals surface area (Å²) in [6.07, 6.45) is -4.33. The number of nitrogens with zero attached hydrogens (tertiary/aromatic N) is 1. The normalized spacial score (nSPS) is 14.1. The number of ether oxygens (including phenoxy) is 1. The Labute approximate surface area is 218 Å². The van der Waals surface area contributed by atoms with Gasteiger partial charge in [0.2, 0.25) is 11.2 Å². The predicted molar refractivity (Wildman–Crippen MR) is 134 cm³/mol. The summed E-state index contributed by atoms with van der Waals surface area (Å²) in [6, 6.07) is 13.8. The minimum atomic E-state index is -4.90. The number of halogens is 6. The van der Waals surface area contributed by atoms with Crippen molar-refractivity contribution in [3.05, 3.63) is 96.8 Å². The van der Waals surface area contributed by atoms with E-state index >= 15 is 0 Å². The second kappa shape index (κ2) is 9.63. The molecule has 5 rings (SSSR count). The Hall–Kier alpha value is -2.71. The van der Waals surface area contributed by atoms with Gasteiger partial charge in [-0.05, 0) is 53.9 Å². The van der Waals surface area contributed by atoms with E-state index in [2.05, 4.69) is 0 Å². The van der Waals surface area contributed by atoms with Gasteiger partial charge in [0.05, 0.1) is 16.5 Å². The first-order chi connectivity index (χ1) is 17.1. The van der Waals surface area contributed by atoms with Crippen molar-refractivity contribution in [2.45, 2.75) is 19.1 Å². The molecule has 0 saturated carbocycles. The zero-order valence-corrected chi connectivity index (χ0v) is 20.7. The molecule has 1 aromatic heterocycles. The lowest BCUT2D eigenvalue weighted by atomic mass is 10.00. The fourth-order valence-electron chi connectivity index (χ4n) is 4.24. The highest BCUT2D eigenvalue weighted by molar-refractivity contribution is 6.35. The van der Waals surface area contributed by atoms with E-state index in [0.29, 0.717) is 39.3 Å². The van der Waals surface area contributed by atoms with Crippen LogP contribution in [0.3, 0.4) is 0 Å². The Morgan fingerprint density at radius 2 is 1.67 bits per heavy atom. The van der Waals surface area contributed by atoms with E-state index in [1.807, 2.05) is 11.0 Å². The van der Waals surface area contributed by atoms with Gasteiger partial charge >= 0.3 is 6.18 Å². The van der Waals surface area contributed by atoms with Gasteiger partial charge in [0.25, 0.3) is 0 Å². The molecular weight excluding hydrogens is 538 g/mol. The molecule has 0 saturated heterocycles. The van der Waals surface area contributed by atoms with Crippen molar-refractivity contribution in [3.63, 3.8) is 0 Å². The maximum Gasteiger partial charge on any atom is 0.450 e. The van der Waals surface area contributed by atoms with Crippen LogP contribution >= 0.6 is 34.8 Å². The van der Waals surface area contributed by atoms with Crippen molar-refractivity contribution in [1.29, 1.82) is 0 Å². The third kappa shape index (κ3) is 4.81. The number of fused-ring (bicyclic) bond motifs is 3. The molecule has 1 aliphatic heterocycles. The van der Waals surface area contributed by atoms with Gasteiger partial charge in [0, 0.05) is 28.2 Å². The average molecular weight is 555 g/mol. The molecule has 0 atom stereocenters. The molecule has 0 fully saturated rings. The number of hydrogen-bond acceptors (Lipinski definition) is 4. The summed E-state index contributed by atoms with van der Waals surface area (Å²) >= 11 is 18.1. The smallest absolute Gasteiger partial charge is 0.450 e. The quantitative estimate of drug-likeness (QED) is 0.258. The molecular formula is C26H17Cl3F3NO3. The van der Waals surface area contributed by atoms with Crippen molar-refractivity contribution < 1.29 is 22.3 Å². The summed E-state index contributed by atoms with van der Waals surface area (Å²) in [5, 5.41) is 1.43. The van der Waals surface area contributed by atoms with Crippen LogP contribution in [0.25, 0.3) is 22.1 Å². The molecule has 186 valence electrons. The molecule has 0 N–H and O–H groups in total. The van der Waals surface area contributed by atoms with Gasteiger partial charge in [-0.15, -0.1) is 0 Å². The Balaban J connectivity index is 1.55. The van der Waals surface area contributed by atoms with Gasteiger partial charge in [0.15, 0.2) is 0 Å². The van der Waals surface area contributed by atoms with E-state index < -0.39 is 22.9 Å². The molecule has 0 radical (unpaired) electrons. The number of rotatable bonds is 4. The summed E-state index contributed by atoms with van der Waals surface area (Å²) < 4.78 is 53.5. The minimum absolute atomic E-state index is 0.0397. The zero-order valence-electron chi connectivity index (χ0n) is 18.5. The van der Waals surface area contributed by atoms with Crippen molar-refractivity contribution in [2.24, 2.45) is 0 Å². The third-order valence-electron chi connectivity index (χ3n) is 6.01. The van der Waals surface area contributed by atoms with Crippen molar-refractivity contribution in [2.75, 3.05) is 13.3 Å². The van der Waals surface area contributed by atoms with Crippen LogP contribution in [0.1, 0.15) is 16.9 Å². The first-order valence-electron chi connectivity index (χ1n) is 10.9. The molecule has 1 aliphatic rings. The SMILES string of the molecule is O=c1c(-c2ccc(Cl)cc2)c(C(F)(F)F)oc2c3c(ccc12)OCN(CCc1ccc(Cl)cc1Cl)C3. The van der Waals surface area contributed by atoms with Gasteiger partial charge in [-0.25, -0.2) is 0 Å². The Morgan fingerprint density at radius 1 is 0.944 bits per heavy atom. The van der Waals surface area contributed by atoms with Gasteiger partial charge < -0.3 is 9.15 Å². The average Bonchev–Trinajstić information content (AvgIpc) is 2.83. The molecule has 0 bridgehead atoms. The van der Waals surface area contributed by atoms with Crippen LogP contribution in [-0.4, -0.2) is 18.2 Å². The van der Waals surface area contributed by atoms with E-state index in [1.54, 1.807) is 18.2 Å². The van der Waals surface area contributed by atoms with E-state index in [9.17, 15) is 18.0 Å². The van der Waals surface area contributed by atoms with E-state index in [4.69, 9.17) is 44.0 Å². The second-order valence-electron chi connectivity index (χ2n) is 8.37. The van der Waals surface area contributed by atoms with Gasteiger partial charge in [-0.2, -0.15) is 13.2 Å². The highest BCUT2D eigenvalue weighted by atomic mass is 35.5. The van der Waals surface area contributed by atoms with Gasteiger partial charge in [-0.3, -0.25) is 9.69 Å². The van der Waals surface area contributed by atoms with Gasteiger partial charge in [-0.1, -0.05) is 53.0 Å². The lowest BCUT2D eigenvalue weighted by Crippen LogP contribution is -2.34. The summed E-state index contributed by atoms with van der Waals surface area (Å²) in [5.74, 6) is -0.986. The maximum atomic E-state index is 14.1. The first-order valence-corrected chi connectivity index (χ1v) is 12.0. The topological polar surface area (TPSA) is 42.7 Å². The summed E-state index contributed by atoms with van der Waals surface area (Å²) in [5.41, 5.74) is -0.152. The third-order valence-corrected chi connectivity index (χ3v) is 6.85. The molecule has 36 heavy (non-hydrogen) atoms. The molecule has 0 spiro atoms. The number of hydrogen-bond donors (Lipinski definition) is 0. The highest BCUT2D eigenvalue weighted by Crippen LogP contribution is 2.40. The second-order valence-corrected chi connectivity index (χ2v) is 9.65. The van der Waals surface area contributed by atoms with Crippen LogP contribution in [0.5, 0.6) is 5.75 Å². The van der Waals surface area contributed by atoms with Crippen molar-refractivity contribution >= 4 is 45.8 Å². The summed E-state index contributed by atoms with van der Waals surface area (Å²) in [7, 11) is 0. The van der Waals surface area contributed by atoms with Crippen LogP contribution < -0.4 is 10.2 Å². The predicted octanol–water partition coefficient (Wildman–Crippen LogP) is 7.83. The zero-order chi connectivity index (χ0) is 25.6. The Morgan fingerprint density at radius 3 is 2.36 bits per heavy atom. The first kappa shape index (κ1) is 25.0. The molecule has 4 aromatic rings. The molecule has 10 heteroatoms. The molecule has 0 aliphatic carbocycles. The van der Waals surface area contributed by atoms with Crippen LogP contribution in [0.4, 0.5) is 13.2 Å².